The third-order valence-corrected chi connectivity index (χ3v) is 4.58. The molecule has 8 nitrogen and oxygen atoms in total. The van der Waals surface area contributed by atoms with Crippen LogP contribution in [0.1, 0.15) is 44.9 Å². The number of likely N-dealkylation sites (tertiary alicyclic amines) is 1. The molecule has 8 heteroatoms. The molecule has 2 fully saturated rings. The van der Waals surface area contributed by atoms with E-state index in [1.807, 2.05) is 4.90 Å². The number of carbonyl (C=O) groups is 2. The Hall–Kier alpha value is -2.12. The number of nitrogens with one attached hydrogen (secondary N) is 1. The molecular formula is C15H22N4O4. The fourth-order valence-electron chi connectivity index (χ4n) is 3.51. The number of amides is 2. The van der Waals surface area contributed by atoms with Gasteiger partial charge in [-0.3, -0.25) is 9.59 Å². The van der Waals surface area contributed by atoms with Gasteiger partial charge in [-0.1, -0.05) is 30.4 Å². The van der Waals surface area contributed by atoms with Crippen LogP contribution in [-0.2, 0) is 16.1 Å². The number of nitrogens with zero attached hydrogens (tertiary/aromatic N) is 3. The van der Waals surface area contributed by atoms with Gasteiger partial charge in [0, 0.05) is 19.0 Å². The van der Waals surface area contributed by atoms with Crippen molar-refractivity contribution in [2.75, 3.05) is 6.54 Å². The lowest BCUT2D eigenvalue weighted by atomic mass is 10.1. The number of hydrogen-bond acceptors (Lipinski definition) is 5. The fraction of sp³-hybridized carbons (Fsp3) is 0.733. The average Bonchev–Trinajstić information content (AvgIpc) is 2.95. The molecule has 1 atom stereocenters. The minimum absolute atomic E-state index is 0.0835. The molecule has 2 amide bonds. The average molecular weight is 322 g/mol. The second-order valence-corrected chi connectivity index (χ2v) is 6.38. The van der Waals surface area contributed by atoms with E-state index in [4.69, 9.17) is 0 Å². The maximum Gasteiger partial charge on any atom is 0.288 e. The largest absolute Gasteiger partial charge is 0.539 e. The van der Waals surface area contributed by atoms with Crippen LogP contribution in [0.25, 0.3) is 0 Å². The van der Waals surface area contributed by atoms with Crippen molar-refractivity contribution in [1.82, 2.24) is 15.5 Å². The Morgan fingerprint density at radius 3 is 2.78 bits per heavy atom. The van der Waals surface area contributed by atoms with E-state index in [1.54, 1.807) is 0 Å². The van der Waals surface area contributed by atoms with Gasteiger partial charge in [0.15, 0.2) is 0 Å². The molecule has 0 aromatic carbocycles. The van der Waals surface area contributed by atoms with Gasteiger partial charge in [0.05, 0.1) is 11.3 Å². The molecule has 1 unspecified atom stereocenters. The zero-order chi connectivity index (χ0) is 16.2. The van der Waals surface area contributed by atoms with Crippen LogP contribution in [0.2, 0.25) is 0 Å². The Morgan fingerprint density at radius 2 is 2.13 bits per heavy atom. The van der Waals surface area contributed by atoms with Crippen molar-refractivity contribution in [2.24, 2.45) is 0 Å². The predicted octanol–water partition coefficient (Wildman–Crippen LogP) is -0.524. The Kier molecular flexibility index (Phi) is 4.78. The maximum absolute atomic E-state index is 12.2. The van der Waals surface area contributed by atoms with Crippen LogP contribution < -0.4 is 15.1 Å². The number of rotatable bonds is 4. The molecule has 1 aliphatic carbocycles. The van der Waals surface area contributed by atoms with Crippen molar-refractivity contribution in [3.8, 4) is 5.95 Å². The van der Waals surface area contributed by atoms with E-state index in [2.05, 4.69) is 15.1 Å². The van der Waals surface area contributed by atoms with Crippen LogP contribution in [0, 0.1) is 0 Å². The molecule has 2 heterocycles. The summed E-state index contributed by atoms with van der Waals surface area (Å²) in [5, 5.41) is 17.2. The first-order valence-electron chi connectivity index (χ1n) is 8.24. The van der Waals surface area contributed by atoms with E-state index in [1.165, 1.54) is 25.7 Å². The summed E-state index contributed by atoms with van der Waals surface area (Å²) in [6, 6.07) is 0.150. The van der Waals surface area contributed by atoms with Crippen molar-refractivity contribution in [3.63, 3.8) is 0 Å². The summed E-state index contributed by atoms with van der Waals surface area (Å²) in [4.78, 5) is 26.2. The summed E-state index contributed by atoms with van der Waals surface area (Å²) in [5.41, 5.74) is 0. The number of carbonyl (C=O) groups excluding carboxylic acids is 2. The Bertz CT molecular complexity index is 566. The summed E-state index contributed by atoms with van der Waals surface area (Å²) in [7, 11) is 0. The van der Waals surface area contributed by atoms with Crippen LogP contribution in [0.3, 0.4) is 0 Å². The summed E-state index contributed by atoms with van der Waals surface area (Å²) in [5.74, 6) is -0.740. The van der Waals surface area contributed by atoms with Gasteiger partial charge in [-0.2, -0.15) is 0 Å². The monoisotopic (exact) mass is 322 g/mol. The Morgan fingerprint density at radius 1 is 1.39 bits per heavy atom. The van der Waals surface area contributed by atoms with E-state index in [-0.39, 0.29) is 24.4 Å². The van der Waals surface area contributed by atoms with Crippen molar-refractivity contribution in [2.45, 2.75) is 63.6 Å². The highest BCUT2D eigenvalue weighted by Crippen LogP contribution is 2.25. The van der Waals surface area contributed by atoms with Crippen LogP contribution in [0.15, 0.2) is 10.7 Å². The Balaban J connectivity index is 1.51. The first kappa shape index (κ1) is 15.8. The van der Waals surface area contributed by atoms with Gasteiger partial charge < -0.3 is 19.8 Å². The third kappa shape index (κ3) is 4.00. The molecule has 1 saturated carbocycles. The number of hydrogen-bond donors (Lipinski definition) is 1. The van der Waals surface area contributed by atoms with Gasteiger partial charge in [0.25, 0.3) is 12.5 Å². The molecule has 1 N–H and O–H groups in total. The molecule has 23 heavy (non-hydrogen) atoms. The van der Waals surface area contributed by atoms with E-state index in [0.717, 1.165) is 23.7 Å². The lowest BCUT2D eigenvalue weighted by Crippen LogP contribution is -2.47. The normalized spacial score (nSPS) is 23.0. The highest BCUT2D eigenvalue weighted by atomic mass is 16.6. The molecular weight excluding hydrogens is 300 g/mol. The van der Waals surface area contributed by atoms with Crippen molar-refractivity contribution >= 4 is 11.8 Å². The summed E-state index contributed by atoms with van der Waals surface area (Å²) in [6.45, 7) is 0.491. The second kappa shape index (κ2) is 6.97. The standard InChI is InChI=1S/C15H22N4O4/c20-13(9-18-10-15(22)23-17-18)16-11-7-14(21)19(8-11)12-5-3-1-2-4-6-12/h10-12H,1-9H2,(H-,16,17,20,22). The van der Waals surface area contributed by atoms with E-state index < -0.39 is 5.95 Å². The smallest absolute Gasteiger partial charge is 0.288 e. The van der Waals surface area contributed by atoms with E-state index in [0.29, 0.717) is 19.0 Å². The van der Waals surface area contributed by atoms with Crippen LogP contribution in [0.5, 0.6) is 5.95 Å². The minimum atomic E-state index is -0.589. The molecule has 0 bridgehead atoms. The zero-order valence-electron chi connectivity index (χ0n) is 13.1. The van der Waals surface area contributed by atoms with Gasteiger partial charge in [-0.25, -0.2) is 0 Å². The molecule has 1 aliphatic heterocycles. The van der Waals surface area contributed by atoms with Gasteiger partial charge in [0.2, 0.25) is 12.1 Å². The van der Waals surface area contributed by atoms with Crippen LogP contribution in [-0.4, -0.2) is 40.6 Å². The Labute approximate surface area is 134 Å². The van der Waals surface area contributed by atoms with Crippen molar-refractivity contribution in [1.29, 1.82) is 0 Å². The van der Waals surface area contributed by atoms with Gasteiger partial charge in [-0.15, -0.1) is 0 Å². The summed E-state index contributed by atoms with van der Waals surface area (Å²) >= 11 is 0. The van der Waals surface area contributed by atoms with Crippen molar-refractivity contribution in [3.05, 3.63) is 6.20 Å². The minimum Gasteiger partial charge on any atom is -0.539 e. The molecule has 3 rings (SSSR count). The van der Waals surface area contributed by atoms with E-state index in [9.17, 15) is 14.7 Å². The first-order chi connectivity index (χ1) is 11.1. The maximum atomic E-state index is 12.2. The molecule has 1 aromatic rings. The topological polar surface area (TPSA) is 102 Å². The van der Waals surface area contributed by atoms with Crippen molar-refractivity contribution < 1.29 is 23.9 Å². The lowest BCUT2D eigenvalue weighted by Gasteiger charge is -2.27. The lowest BCUT2D eigenvalue weighted by molar-refractivity contribution is -0.751. The quantitative estimate of drug-likeness (QED) is 0.593. The highest BCUT2D eigenvalue weighted by Gasteiger charge is 2.35. The van der Waals surface area contributed by atoms with Gasteiger partial charge in [0.1, 0.15) is 5.95 Å². The summed E-state index contributed by atoms with van der Waals surface area (Å²) in [6.07, 6.45) is 8.43. The first-order valence-corrected chi connectivity index (χ1v) is 8.24. The fourth-order valence-corrected chi connectivity index (χ4v) is 3.51. The van der Waals surface area contributed by atoms with Crippen LogP contribution in [0.4, 0.5) is 0 Å². The van der Waals surface area contributed by atoms with Crippen LogP contribution >= 0.6 is 0 Å². The predicted molar refractivity (Wildman–Crippen MR) is 75.9 cm³/mol. The highest BCUT2D eigenvalue weighted by molar-refractivity contribution is 5.82. The SMILES string of the molecule is O=C(C[n+]1cc([O-])on1)NC1CC(=O)N(C2CCCCCC2)C1. The summed E-state index contributed by atoms with van der Waals surface area (Å²) < 4.78 is 5.53. The molecule has 0 spiro atoms. The third-order valence-electron chi connectivity index (χ3n) is 4.58. The van der Waals surface area contributed by atoms with Gasteiger partial charge in [-0.05, 0) is 12.8 Å². The molecule has 2 aliphatic rings. The number of aromatic nitrogens is 2. The second-order valence-electron chi connectivity index (χ2n) is 6.38. The van der Waals surface area contributed by atoms with Gasteiger partial charge >= 0.3 is 0 Å². The van der Waals surface area contributed by atoms with E-state index >= 15 is 0 Å². The molecule has 126 valence electrons. The molecule has 1 aromatic heterocycles. The molecule has 1 saturated heterocycles. The molecule has 0 radical (unpaired) electrons. The zero-order valence-corrected chi connectivity index (χ0v) is 13.1.